The minimum atomic E-state index is 0.0202. The lowest BCUT2D eigenvalue weighted by atomic mass is 10.1. The molecule has 1 fully saturated rings. The number of amides is 1. The fourth-order valence-electron chi connectivity index (χ4n) is 3.20. The summed E-state index contributed by atoms with van der Waals surface area (Å²) >= 11 is 0. The van der Waals surface area contributed by atoms with Crippen molar-refractivity contribution in [2.45, 2.75) is 19.9 Å². The van der Waals surface area contributed by atoms with Crippen LogP contribution in [0.4, 0.5) is 0 Å². The van der Waals surface area contributed by atoms with E-state index in [1.54, 1.807) is 13.3 Å². The Morgan fingerprint density at radius 3 is 2.68 bits per heavy atom. The Bertz CT molecular complexity index is 742. The maximum absolute atomic E-state index is 12.7. The molecule has 1 atom stereocenters. The average molecular weight is 340 g/mol. The monoisotopic (exact) mass is 340 g/mol. The molecule has 0 spiro atoms. The number of hydrogen-bond donors (Lipinski definition) is 0. The largest absolute Gasteiger partial charge is 0.497 e. The molecule has 0 bridgehead atoms. The van der Waals surface area contributed by atoms with Crippen LogP contribution in [0.15, 0.2) is 36.8 Å². The summed E-state index contributed by atoms with van der Waals surface area (Å²) in [6.45, 7) is 7.15. The summed E-state index contributed by atoms with van der Waals surface area (Å²) in [5, 5.41) is 0. The molecule has 6 heteroatoms. The smallest absolute Gasteiger partial charge is 0.257 e. The van der Waals surface area contributed by atoms with E-state index in [1.807, 2.05) is 24.0 Å². The van der Waals surface area contributed by atoms with Gasteiger partial charge in [-0.05, 0) is 31.5 Å². The van der Waals surface area contributed by atoms with Crippen molar-refractivity contribution in [3.8, 4) is 5.75 Å². The Labute approximate surface area is 148 Å². The summed E-state index contributed by atoms with van der Waals surface area (Å²) < 4.78 is 5.32. The number of ether oxygens (including phenoxy) is 1. The van der Waals surface area contributed by atoms with E-state index in [2.05, 4.69) is 33.9 Å². The molecule has 132 valence electrons. The van der Waals surface area contributed by atoms with Crippen molar-refractivity contribution in [2.24, 2.45) is 0 Å². The molecule has 1 aliphatic heterocycles. The van der Waals surface area contributed by atoms with Crippen molar-refractivity contribution in [2.75, 3.05) is 33.3 Å². The third-order valence-electron chi connectivity index (χ3n) is 4.87. The van der Waals surface area contributed by atoms with E-state index in [1.165, 1.54) is 11.9 Å². The summed E-state index contributed by atoms with van der Waals surface area (Å²) in [4.78, 5) is 25.0. The molecular weight excluding hydrogens is 316 g/mol. The molecule has 25 heavy (non-hydrogen) atoms. The lowest BCUT2D eigenvalue weighted by Gasteiger charge is -2.38. The molecule has 0 N–H and O–H groups in total. The van der Waals surface area contributed by atoms with Gasteiger partial charge >= 0.3 is 0 Å². The number of hydrogen-bond acceptors (Lipinski definition) is 5. The summed E-state index contributed by atoms with van der Waals surface area (Å²) in [6, 6.07) is 8.45. The second-order valence-electron chi connectivity index (χ2n) is 6.30. The Morgan fingerprint density at radius 1 is 1.24 bits per heavy atom. The summed E-state index contributed by atoms with van der Waals surface area (Å²) in [5.41, 5.74) is 2.55. The van der Waals surface area contributed by atoms with Gasteiger partial charge in [0.2, 0.25) is 0 Å². The number of carbonyl (C=O) groups excluding carboxylic acids is 1. The van der Waals surface area contributed by atoms with Crippen LogP contribution >= 0.6 is 0 Å². The van der Waals surface area contributed by atoms with E-state index in [4.69, 9.17) is 4.74 Å². The predicted octanol–water partition coefficient (Wildman–Crippen LogP) is 2.31. The first-order valence-electron chi connectivity index (χ1n) is 8.54. The topological polar surface area (TPSA) is 58.6 Å². The van der Waals surface area contributed by atoms with Gasteiger partial charge < -0.3 is 9.64 Å². The number of piperazine rings is 1. The van der Waals surface area contributed by atoms with E-state index in [0.717, 1.165) is 24.5 Å². The molecular formula is C19H24N4O2. The second-order valence-corrected chi connectivity index (χ2v) is 6.30. The van der Waals surface area contributed by atoms with Gasteiger partial charge in [0.25, 0.3) is 5.91 Å². The highest BCUT2D eigenvalue weighted by molar-refractivity contribution is 5.94. The number of benzene rings is 1. The van der Waals surface area contributed by atoms with Gasteiger partial charge in [-0.3, -0.25) is 9.69 Å². The molecule has 0 aliphatic carbocycles. The zero-order valence-electron chi connectivity index (χ0n) is 15.0. The fraction of sp³-hybridized carbons (Fsp3) is 0.421. The zero-order chi connectivity index (χ0) is 17.8. The minimum absolute atomic E-state index is 0.0202. The lowest BCUT2D eigenvalue weighted by molar-refractivity contribution is 0.0580. The van der Waals surface area contributed by atoms with Crippen LogP contribution < -0.4 is 4.74 Å². The lowest BCUT2D eigenvalue weighted by Crippen LogP contribution is -2.49. The number of rotatable bonds is 4. The van der Waals surface area contributed by atoms with E-state index >= 15 is 0 Å². The minimum Gasteiger partial charge on any atom is -0.497 e. The number of aromatic nitrogens is 2. The molecule has 1 aromatic carbocycles. The molecule has 1 aromatic heterocycles. The number of methoxy groups -OCH3 is 1. The van der Waals surface area contributed by atoms with E-state index in [0.29, 0.717) is 18.7 Å². The highest BCUT2D eigenvalue weighted by Crippen LogP contribution is 2.25. The molecule has 3 rings (SSSR count). The quantitative estimate of drug-likeness (QED) is 0.855. The van der Waals surface area contributed by atoms with E-state index in [-0.39, 0.29) is 11.9 Å². The van der Waals surface area contributed by atoms with Gasteiger partial charge in [-0.25, -0.2) is 9.97 Å². The van der Waals surface area contributed by atoms with Crippen molar-refractivity contribution in [3.63, 3.8) is 0 Å². The second kappa shape index (κ2) is 7.61. The first-order valence-corrected chi connectivity index (χ1v) is 8.54. The zero-order valence-corrected chi connectivity index (χ0v) is 15.0. The third-order valence-corrected chi connectivity index (χ3v) is 4.87. The van der Waals surface area contributed by atoms with Gasteiger partial charge in [-0.2, -0.15) is 0 Å². The number of carbonyl (C=O) groups is 1. The molecule has 0 saturated carbocycles. The number of aryl methyl sites for hydroxylation is 1. The standard InChI is InChI=1S/C19H24N4O2/c1-14-18(12-20-13-21-14)19(24)23-9-7-22(8-10-23)15(2)16-5-4-6-17(11-16)25-3/h4-6,11-13,15H,7-10H2,1-3H3/t15-/m1/s1. The molecule has 1 aliphatic rings. The summed E-state index contributed by atoms with van der Waals surface area (Å²) in [7, 11) is 1.68. The van der Waals surface area contributed by atoms with E-state index < -0.39 is 0 Å². The van der Waals surface area contributed by atoms with Crippen molar-refractivity contribution in [3.05, 3.63) is 53.6 Å². The maximum atomic E-state index is 12.7. The Hall–Kier alpha value is -2.47. The van der Waals surface area contributed by atoms with Gasteiger partial charge in [0.15, 0.2) is 0 Å². The van der Waals surface area contributed by atoms with Crippen LogP contribution in [0.3, 0.4) is 0 Å². The summed E-state index contributed by atoms with van der Waals surface area (Å²) in [6.07, 6.45) is 3.08. The normalized spacial score (nSPS) is 16.5. The van der Waals surface area contributed by atoms with Crippen LogP contribution in [-0.4, -0.2) is 59.0 Å². The van der Waals surface area contributed by atoms with E-state index in [9.17, 15) is 4.79 Å². The third kappa shape index (κ3) is 3.79. The van der Waals surface area contributed by atoms with Gasteiger partial charge in [-0.15, -0.1) is 0 Å². The van der Waals surface area contributed by atoms with Gasteiger partial charge in [0.05, 0.1) is 18.4 Å². The average Bonchev–Trinajstić information content (AvgIpc) is 2.67. The van der Waals surface area contributed by atoms with Gasteiger partial charge in [0.1, 0.15) is 12.1 Å². The molecule has 1 saturated heterocycles. The van der Waals surface area contributed by atoms with Crippen LogP contribution in [-0.2, 0) is 0 Å². The molecule has 0 radical (unpaired) electrons. The Balaban J connectivity index is 1.63. The Kier molecular flexibility index (Phi) is 5.28. The van der Waals surface area contributed by atoms with Crippen molar-refractivity contribution in [1.82, 2.24) is 19.8 Å². The van der Waals surface area contributed by atoms with Gasteiger partial charge in [-0.1, -0.05) is 12.1 Å². The Morgan fingerprint density at radius 2 is 2.00 bits per heavy atom. The van der Waals surface area contributed by atoms with Crippen molar-refractivity contribution < 1.29 is 9.53 Å². The number of nitrogens with zero attached hydrogens (tertiary/aromatic N) is 4. The highest BCUT2D eigenvalue weighted by Gasteiger charge is 2.26. The molecule has 2 heterocycles. The summed E-state index contributed by atoms with van der Waals surface area (Å²) in [5.74, 6) is 0.893. The predicted molar refractivity (Wildman–Crippen MR) is 95.7 cm³/mol. The molecule has 6 nitrogen and oxygen atoms in total. The van der Waals surface area contributed by atoms with Crippen LogP contribution in [0.25, 0.3) is 0 Å². The molecule has 1 amide bonds. The van der Waals surface area contributed by atoms with Crippen LogP contribution in [0.5, 0.6) is 5.75 Å². The van der Waals surface area contributed by atoms with Crippen LogP contribution in [0, 0.1) is 6.92 Å². The SMILES string of the molecule is COc1cccc([C@@H](C)N2CCN(C(=O)c3cncnc3C)CC2)c1. The van der Waals surface area contributed by atoms with Crippen LogP contribution in [0.1, 0.15) is 34.6 Å². The van der Waals surface area contributed by atoms with Crippen molar-refractivity contribution >= 4 is 5.91 Å². The molecule has 0 unspecified atom stereocenters. The van der Waals surface area contributed by atoms with Crippen LogP contribution in [0.2, 0.25) is 0 Å². The fourth-order valence-corrected chi connectivity index (χ4v) is 3.20. The first kappa shape index (κ1) is 17.4. The van der Waals surface area contributed by atoms with Gasteiger partial charge in [0, 0.05) is 38.4 Å². The molecule has 2 aromatic rings. The van der Waals surface area contributed by atoms with Crippen molar-refractivity contribution in [1.29, 1.82) is 0 Å². The first-order chi connectivity index (χ1) is 12.1. The highest BCUT2D eigenvalue weighted by atomic mass is 16.5. The maximum Gasteiger partial charge on any atom is 0.257 e.